The summed E-state index contributed by atoms with van der Waals surface area (Å²) in [6.45, 7) is 6.60. The molecule has 1 aromatic carbocycles. The standard InChI is InChI=1S/C19H23FN4O2S/c1-3-17-21-13(2)18(27-17)19(26)24-10-8-23(9-11-24)12-16(25)22-15-6-4-14(20)5-7-15/h4-7H,3,8-12H2,1-2H3,(H,22,25). The van der Waals surface area contributed by atoms with Gasteiger partial charge in [0.25, 0.3) is 5.91 Å². The zero-order chi connectivity index (χ0) is 19.4. The lowest BCUT2D eigenvalue weighted by atomic mass is 10.2. The molecule has 1 saturated heterocycles. The Kier molecular flexibility index (Phi) is 6.18. The fourth-order valence-corrected chi connectivity index (χ4v) is 3.96. The van der Waals surface area contributed by atoms with Gasteiger partial charge in [-0.15, -0.1) is 11.3 Å². The van der Waals surface area contributed by atoms with E-state index in [4.69, 9.17) is 0 Å². The Morgan fingerprint density at radius 2 is 1.85 bits per heavy atom. The number of piperazine rings is 1. The lowest BCUT2D eigenvalue weighted by Crippen LogP contribution is -2.50. The first-order valence-corrected chi connectivity index (χ1v) is 9.81. The molecule has 0 saturated carbocycles. The summed E-state index contributed by atoms with van der Waals surface area (Å²) in [4.78, 5) is 33.9. The number of nitrogens with one attached hydrogen (secondary N) is 1. The van der Waals surface area contributed by atoms with Crippen molar-refractivity contribution < 1.29 is 14.0 Å². The average molecular weight is 390 g/mol. The predicted molar refractivity (Wildman–Crippen MR) is 104 cm³/mol. The number of thiazole rings is 1. The second-order valence-electron chi connectivity index (χ2n) is 6.50. The highest BCUT2D eigenvalue weighted by Crippen LogP contribution is 2.21. The number of hydrogen-bond acceptors (Lipinski definition) is 5. The molecule has 0 aliphatic carbocycles. The van der Waals surface area contributed by atoms with Gasteiger partial charge in [-0.05, 0) is 37.6 Å². The lowest BCUT2D eigenvalue weighted by molar-refractivity contribution is -0.117. The van der Waals surface area contributed by atoms with E-state index in [1.54, 1.807) is 0 Å². The summed E-state index contributed by atoms with van der Waals surface area (Å²) in [5, 5.41) is 3.74. The van der Waals surface area contributed by atoms with Gasteiger partial charge >= 0.3 is 0 Å². The quantitative estimate of drug-likeness (QED) is 0.852. The normalized spacial score (nSPS) is 15.0. The van der Waals surface area contributed by atoms with Crippen molar-refractivity contribution in [2.24, 2.45) is 0 Å². The van der Waals surface area contributed by atoms with Crippen LogP contribution in [-0.4, -0.2) is 59.3 Å². The molecule has 1 aliphatic rings. The SMILES string of the molecule is CCc1nc(C)c(C(=O)N2CCN(CC(=O)Nc3ccc(F)cc3)CC2)s1. The number of hydrogen-bond donors (Lipinski definition) is 1. The Labute approximate surface area is 162 Å². The number of benzene rings is 1. The van der Waals surface area contributed by atoms with Crippen molar-refractivity contribution in [3.63, 3.8) is 0 Å². The Hall–Kier alpha value is -2.32. The molecule has 3 rings (SSSR count). The van der Waals surface area contributed by atoms with E-state index in [2.05, 4.69) is 10.3 Å². The van der Waals surface area contributed by atoms with Crippen LogP contribution < -0.4 is 5.32 Å². The van der Waals surface area contributed by atoms with Crippen LogP contribution in [-0.2, 0) is 11.2 Å². The summed E-state index contributed by atoms with van der Waals surface area (Å²) >= 11 is 1.47. The number of amides is 2. The molecular formula is C19H23FN4O2S. The van der Waals surface area contributed by atoms with Gasteiger partial charge in [-0.25, -0.2) is 9.37 Å². The fraction of sp³-hybridized carbons (Fsp3) is 0.421. The minimum absolute atomic E-state index is 0.0279. The van der Waals surface area contributed by atoms with Gasteiger partial charge < -0.3 is 10.2 Å². The molecule has 1 aliphatic heterocycles. The molecule has 2 aromatic rings. The monoisotopic (exact) mass is 390 g/mol. The van der Waals surface area contributed by atoms with Crippen LogP contribution in [0.5, 0.6) is 0 Å². The number of carbonyl (C=O) groups is 2. The van der Waals surface area contributed by atoms with Crippen molar-refractivity contribution in [2.45, 2.75) is 20.3 Å². The van der Waals surface area contributed by atoms with Gasteiger partial charge in [-0.1, -0.05) is 6.92 Å². The van der Waals surface area contributed by atoms with Crippen LogP contribution in [0.3, 0.4) is 0 Å². The summed E-state index contributed by atoms with van der Waals surface area (Å²) in [5.41, 5.74) is 1.37. The van der Waals surface area contributed by atoms with E-state index in [1.807, 2.05) is 23.6 Å². The zero-order valence-electron chi connectivity index (χ0n) is 15.5. The number of aromatic nitrogens is 1. The van der Waals surface area contributed by atoms with E-state index in [0.717, 1.165) is 17.1 Å². The Bertz CT molecular complexity index is 814. The maximum absolute atomic E-state index is 12.9. The molecule has 27 heavy (non-hydrogen) atoms. The summed E-state index contributed by atoms with van der Waals surface area (Å²) < 4.78 is 12.9. The number of halogens is 1. The predicted octanol–water partition coefficient (Wildman–Crippen LogP) is 2.55. The molecule has 0 radical (unpaired) electrons. The molecule has 8 heteroatoms. The van der Waals surface area contributed by atoms with Crippen molar-refractivity contribution in [3.8, 4) is 0 Å². The van der Waals surface area contributed by atoms with Crippen LogP contribution in [0, 0.1) is 12.7 Å². The summed E-state index contributed by atoms with van der Waals surface area (Å²) in [6.07, 6.45) is 0.829. The molecule has 2 amide bonds. The largest absolute Gasteiger partial charge is 0.335 e. The summed E-state index contributed by atoms with van der Waals surface area (Å²) in [6, 6.07) is 5.69. The van der Waals surface area contributed by atoms with E-state index < -0.39 is 0 Å². The molecule has 1 fully saturated rings. The maximum Gasteiger partial charge on any atom is 0.265 e. The van der Waals surface area contributed by atoms with Gasteiger partial charge in [0.05, 0.1) is 17.2 Å². The van der Waals surface area contributed by atoms with Gasteiger partial charge in [0.2, 0.25) is 5.91 Å². The van der Waals surface area contributed by atoms with Crippen LogP contribution in [0.1, 0.15) is 27.3 Å². The number of anilines is 1. The summed E-state index contributed by atoms with van der Waals surface area (Å²) in [7, 11) is 0. The van der Waals surface area contributed by atoms with Crippen LogP contribution in [0.2, 0.25) is 0 Å². The highest BCUT2D eigenvalue weighted by Gasteiger charge is 2.26. The number of rotatable bonds is 5. The number of aryl methyl sites for hydroxylation is 2. The number of nitrogens with zero attached hydrogens (tertiary/aromatic N) is 3. The molecule has 0 atom stereocenters. The molecule has 1 N–H and O–H groups in total. The maximum atomic E-state index is 12.9. The Morgan fingerprint density at radius 3 is 2.44 bits per heavy atom. The zero-order valence-corrected chi connectivity index (χ0v) is 16.3. The van der Waals surface area contributed by atoms with Gasteiger partial charge in [-0.2, -0.15) is 0 Å². The highest BCUT2D eigenvalue weighted by molar-refractivity contribution is 7.13. The first-order valence-electron chi connectivity index (χ1n) is 8.99. The minimum atomic E-state index is -0.337. The van der Waals surface area contributed by atoms with Gasteiger partial charge in [0.15, 0.2) is 0 Å². The third-order valence-electron chi connectivity index (χ3n) is 4.49. The molecule has 0 spiro atoms. The second-order valence-corrected chi connectivity index (χ2v) is 7.58. The smallest absolute Gasteiger partial charge is 0.265 e. The van der Waals surface area contributed by atoms with E-state index in [0.29, 0.717) is 36.7 Å². The third-order valence-corrected chi connectivity index (χ3v) is 5.78. The van der Waals surface area contributed by atoms with E-state index in [-0.39, 0.29) is 24.2 Å². The van der Waals surface area contributed by atoms with E-state index in [1.165, 1.54) is 35.6 Å². The topological polar surface area (TPSA) is 65.5 Å². The van der Waals surface area contributed by atoms with E-state index in [9.17, 15) is 14.0 Å². The molecule has 1 aromatic heterocycles. The lowest BCUT2D eigenvalue weighted by Gasteiger charge is -2.34. The molecule has 0 bridgehead atoms. The molecular weight excluding hydrogens is 367 g/mol. The molecule has 0 unspecified atom stereocenters. The summed E-state index contributed by atoms with van der Waals surface area (Å²) in [5.74, 6) is -0.455. The van der Waals surface area contributed by atoms with E-state index >= 15 is 0 Å². The van der Waals surface area contributed by atoms with Crippen molar-refractivity contribution in [1.82, 2.24) is 14.8 Å². The molecule has 2 heterocycles. The molecule has 6 nitrogen and oxygen atoms in total. The van der Waals surface area contributed by atoms with Crippen LogP contribution in [0.15, 0.2) is 24.3 Å². The Morgan fingerprint density at radius 1 is 1.19 bits per heavy atom. The average Bonchev–Trinajstić information content (AvgIpc) is 3.04. The van der Waals surface area contributed by atoms with Crippen molar-refractivity contribution in [3.05, 3.63) is 45.7 Å². The second kappa shape index (κ2) is 8.58. The van der Waals surface area contributed by atoms with Crippen molar-refractivity contribution in [1.29, 1.82) is 0 Å². The molecule has 144 valence electrons. The number of carbonyl (C=O) groups excluding carboxylic acids is 2. The van der Waals surface area contributed by atoms with Crippen LogP contribution >= 0.6 is 11.3 Å². The van der Waals surface area contributed by atoms with Crippen molar-refractivity contribution >= 4 is 28.8 Å². The van der Waals surface area contributed by atoms with Gasteiger partial charge in [0.1, 0.15) is 10.7 Å². The Balaban J connectivity index is 1.49. The van der Waals surface area contributed by atoms with Crippen molar-refractivity contribution in [2.75, 3.05) is 38.0 Å². The first kappa shape index (κ1) is 19.4. The van der Waals surface area contributed by atoms with Crippen LogP contribution in [0.25, 0.3) is 0 Å². The first-order chi connectivity index (χ1) is 13.0. The highest BCUT2D eigenvalue weighted by atomic mass is 32.1. The van der Waals surface area contributed by atoms with Gasteiger partial charge in [0, 0.05) is 31.9 Å². The van der Waals surface area contributed by atoms with Crippen LogP contribution in [0.4, 0.5) is 10.1 Å². The third kappa shape index (κ3) is 4.90. The fourth-order valence-electron chi connectivity index (χ4n) is 2.99. The minimum Gasteiger partial charge on any atom is -0.335 e. The van der Waals surface area contributed by atoms with Gasteiger partial charge in [-0.3, -0.25) is 14.5 Å².